The quantitative estimate of drug-likeness (QED) is 0.606. The van der Waals surface area contributed by atoms with Gasteiger partial charge in [0.05, 0.1) is 21.3 Å². The molecular weight excluding hydrogens is 282 g/mol. The van der Waals surface area contributed by atoms with E-state index in [0.717, 1.165) is 5.56 Å². The molecule has 0 aliphatic rings. The molecule has 1 heterocycles. The highest BCUT2D eigenvalue weighted by Crippen LogP contribution is 2.34. The molecule has 2 rings (SSSR count). The first kappa shape index (κ1) is 15.6. The fourth-order valence-electron chi connectivity index (χ4n) is 1.98. The smallest absolute Gasteiger partial charge is 0.193 e. The molecule has 22 heavy (non-hydrogen) atoms. The predicted octanol–water partition coefficient (Wildman–Crippen LogP) is 3.00. The number of carbonyl (C=O) groups is 1. The summed E-state index contributed by atoms with van der Waals surface area (Å²) in [5.74, 6) is 1.13. The van der Waals surface area contributed by atoms with E-state index in [2.05, 4.69) is 4.98 Å². The number of methoxy groups -OCH3 is 3. The zero-order valence-electron chi connectivity index (χ0n) is 12.7. The molecule has 1 aromatic carbocycles. The number of allylic oxidation sites excluding steroid dienone is 1. The number of ether oxygens (including phenoxy) is 3. The first-order valence-electron chi connectivity index (χ1n) is 6.62. The van der Waals surface area contributed by atoms with Gasteiger partial charge in [-0.05, 0) is 23.8 Å². The third-order valence-corrected chi connectivity index (χ3v) is 3.07. The van der Waals surface area contributed by atoms with Crippen molar-refractivity contribution in [3.05, 3.63) is 53.9 Å². The zero-order chi connectivity index (χ0) is 15.9. The van der Waals surface area contributed by atoms with Crippen molar-refractivity contribution in [3.63, 3.8) is 0 Å². The van der Waals surface area contributed by atoms with Crippen LogP contribution in [0.5, 0.6) is 17.2 Å². The molecule has 0 spiro atoms. The van der Waals surface area contributed by atoms with Crippen LogP contribution in [0.2, 0.25) is 0 Å². The van der Waals surface area contributed by atoms with Crippen LogP contribution in [0.15, 0.2) is 42.7 Å². The minimum atomic E-state index is -0.222. The molecule has 0 aliphatic heterocycles. The van der Waals surface area contributed by atoms with Crippen molar-refractivity contribution in [2.45, 2.75) is 0 Å². The number of hydrogen-bond acceptors (Lipinski definition) is 5. The van der Waals surface area contributed by atoms with Crippen molar-refractivity contribution in [3.8, 4) is 17.2 Å². The monoisotopic (exact) mass is 299 g/mol. The second-order valence-electron chi connectivity index (χ2n) is 4.39. The van der Waals surface area contributed by atoms with Gasteiger partial charge in [-0.25, -0.2) is 0 Å². The lowest BCUT2D eigenvalue weighted by Gasteiger charge is -2.13. The van der Waals surface area contributed by atoms with E-state index in [1.54, 1.807) is 36.7 Å². The number of aromatic nitrogens is 1. The molecule has 0 fully saturated rings. The lowest BCUT2D eigenvalue weighted by molar-refractivity contribution is 0.104. The van der Waals surface area contributed by atoms with Crippen LogP contribution in [0.25, 0.3) is 6.08 Å². The van der Waals surface area contributed by atoms with Crippen molar-refractivity contribution in [1.29, 1.82) is 0 Å². The second kappa shape index (κ2) is 7.26. The van der Waals surface area contributed by atoms with E-state index in [4.69, 9.17) is 14.2 Å². The average molecular weight is 299 g/mol. The van der Waals surface area contributed by atoms with Crippen LogP contribution in [0.3, 0.4) is 0 Å². The summed E-state index contributed by atoms with van der Waals surface area (Å²) in [6.07, 6.45) is 6.50. The van der Waals surface area contributed by atoms with E-state index in [1.807, 2.05) is 6.07 Å². The maximum absolute atomic E-state index is 12.5. The number of carbonyl (C=O) groups excluding carboxylic acids is 1. The van der Waals surface area contributed by atoms with Gasteiger partial charge in [0.25, 0.3) is 0 Å². The van der Waals surface area contributed by atoms with Gasteiger partial charge >= 0.3 is 0 Å². The summed E-state index contributed by atoms with van der Waals surface area (Å²) in [5, 5.41) is 0. The minimum Gasteiger partial charge on any atom is -0.496 e. The molecule has 114 valence electrons. The number of rotatable bonds is 6. The standard InChI is InChI=1S/C17H17NO4/c1-20-13-9-15(21-2)17(16(10-13)22-3)14(19)7-6-12-5-4-8-18-11-12/h4-11H,1-3H3/b7-6+. The molecule has 0 saturated heterocycles. The molecule has 0 N–H and O–H groups in total. The third kappa shape index (κ3) is 3.44. The summed E-state index contributed by atoms with van der Waals surface area (Å²) in [4.78, 5) is 16.5. The summed E-state index contributed by atoms with van der Waals surface area (Å²) in [5.41, 5.74) is 1.19. The SMILES string of the molecule is COc1cc(OC)c(C(=O)/C=C/c2cccnc2)c(OC)c1. The maximum Gasteiger partial charge on any atom is 0.193 e. The zero-order valence-corrected chi connectivity index (χ0v) is 12.7. The largest absolute Gasteiger partial charge is 0.496 e. The molecule has 0 amide bonds. The van der Waals surface area contributed by atoms with E-state index < -0.39 is 0 Å². The molecule has 0 radical (unpaired) electrons. The van der Waals surface area contributed by atoms with Crippen LogP contribution in [-0.4, -0.2) is 32.1 Å². The molecule has 1 aromatic heterocycles. The lowest BCUT2D eigenvalue weighted by Crippen LogP contribution is -2.03. The molecule has 5 heteroatoms. The van der Waals surface area contributed by atoms with Gasteiger partial charge < -0.3 is 14.2 Å². The molecule has 2 aromatic rings. The van der Waals surface area contributed by atoms with E-state index in [1.165, 1.54) is 27.4 Å². The van der Waals surface area contributed by atoms with Crippen molar-refractivity contribution in [2.24, 2.45) is 0 Å². The molecule has 0 saturated carbocycles. The summed E-state index contributed by atoms with van der Waals surface area (Å²) in [6.45, 7) is 0. The van der Waals surface area contributed by atoms with E-state index in [-0.39, 0.29) is 5.78 Å². The lowest BCUT2D eigenvalue weighted by atomic mass is 10.1. The van der Waals surface area contributed by atoms with Gasteiger partial charge in [0.1, 0.15) is 22.8 Å². The normalized spacial score (nSPS) is 10.5. The number of ketones is 1. The van der Waals surface area contributed by atoms with Gasteiger partial charge in [-0.15, -0.1) is 0 Å². The van der Waals surface area contributed by atoms with Crippen LogP contribution >= 0.6 is 0 Å². The van der Waals surface area contributed by atoms with Crippen LogP contribution in [0.1, 0.15) is 15.9 Å². The van der Waals surface area contributed by atoms with E-state index in [9.17, 15) is 4.79 Å². The number of pyridine rings is 1. The Morgan fingerprint density at radius 2 is 1.77 bits per heavy atom. The molecule has 5 nitrogen and oxygen atoms in total. The summed E-state index contributed by atoms with van der Waals surface area (Å²) in [7, 11) is 4.53. The van der Waals surface area contributed by atoms with Crippen molar-refractivity contribution in [1.82, 2.24) is 4.98 Å². The number of hydrogen-bond donors (Lipinski definition) is 0. The Bertz CT molecular complexity index is 655. The highest BCUT2D eigenvalue weighted by molar-refractivity contribution is 6.10. The molecule has 0 atom stereocenters. The molecular formula is C17H17NO4. The molecule has 0 bridgehead atoms. The second-order valence-corrected chi connectivity index (χ2v) is 4.39. The Balaban J connectivity index is 2.38. The minimum absolute atomic E-state index is 0.222. The van der Waals surface area contributed by atoms with Crippen LogP contribution < -0.4 is 14.2 Å². The van der Waals surface area contributed by atoms with Crippen molar-refractivity contribution >= 4 is 11.9 Å². The summed E-state index contributed by atoms with van der Waals surface area (Å²) in [6, 6.07) is 6.96. The highest BCUT2D eigenvalue weighted by atomic mass is 16.5. The summed E-state index contributed by atoms with van der Waals surface area (Å²) >= 11 is 0. The fourth-order valence-corrected chi connectivity index (χ4v) is 1.98. The molecule has 0 aliphatic carbocycles. The van der Waals surface area contributed by atoms with Gasteiger partial charge in [0.15, 0.2) is 5.78 Å². The highest BCUT2D eigenvalue weighted by Gasteiger charge is 2.18. The van der Waals surface area contributed by atoms with Gasteiger partial charge in [-0.1, -0.05) is 6.07 Å². The fraction of sp³-hybridized carbons (Fsp3) is 0.176. The van der Waals surface area contributed by atoms with Crippen molar-refractivity contribution in [2.75, 3.05) is 21.3 Å². The summed E-state index contributed by atoms with van der Waals surface area (Å²) < 4.78 is 15.7. The predicted molar refractivity (Wildman–Crippen MR) is 83.7 cm³/mol. The number of benzene rings is 1. The first-order chi connectivity index (χ1) is 10.7. The van der Waals surface area contributed by atoms with Crippen LogP contribution in [0.4, 0.5) is 0 Å². The topological polar surface area (TPSA) is 57.7 Å². The average Bonchev–Trinajstić information content (AvgIpc) is 2.59. The van der Waals surface area contributed by atoms with Gasteiger partial charge in [0, 0.05) is 24.5 Å². The van der Waals surface area contributed by atoms with Crippen molar-refractivity contribution < 1.29 is 19.0 Å². The molecule has 0 unspecified atom stereocenters. The maximum atomic E-state index is 12.5. The van der Waals surface area contributed by atoms with E-state index in [0.29, 0.717) is 22.8 Å². The first-order valence-corrected chi connectivity index (χ1v) is 6.62. The van der Waals surface area contributed by atoms with Crippen LogP contribution in [-0.2, 0) is 0 Å². The van der Waals surface area contributed by atoms with Gasteiger partial charge in [-0.3, -0.25) is 9.78 Å². The Hall–Kier alpha value is -2.82. The van der Waals surface area contributed by atoms with Crippen LogP contribution in [0, 0.1) is 0 Å². The van der Waals surface area contributed by atoms with Gasteiger partial charge in [0.2, 0.25) is 0 Å². The Labute approximate surface area is 129 Å². The Kier molecular flexibility index (Phi) is 5.14. The number of nitrogens with zero attached hydrogens (tertiary/aromatic N) is 1. The van der Waals surface area contributed by atoms with Gasteiger partial charge in [-0.2, -0.15) is 0 Å². The van der Waals surface area contributed by atoms with E-state index >= 15 is 0 Å². The third-order valence-electron chi connectivity index (χ3n) is 3.07. The Morgan fingerprint density at radius 3 is 2.27 bits per heavy atom. The Morgan fingerprint density at radius 1 is 1.09 bits per heavy atom.